The molecule has 24 heavy (non-hydrogen) atoms. The van der Waals surface area contributed by atoms with E-state index >= 15 is 0 Å². The Kier molecular flexibility index (Phi) is 6.55. The van der Waals surface area contributed by atoms with Gasteiger partial charge in [-0.2, -0.15) is 4.98 Å². The summed E-state index contributed by atoms with van der Waals surface area (Å²) in [5.74, 6) is 0.0554. The fourth-order valence-corrected chi connectivity index (χ4v) is 2.68. The van der Waals surface area contributed by atoms with Crippen LogP contribution in [0.5, 0.6) is 0 Å². The highest BCUT2D eigenvalue weighted by atomic mass is 35.5. The van der Waals surface area contributed by atoms with Crippen molar-refractivity contribution in [2.45, 2.75) is 33.1 Å². The van der Waals surface area contributed by atoms with Gasteiger partial charge >= 0.3 is 5.69 Å². The molecule has 128 valence electrons. The Morgan fingerprint density at radius 3 is 2.79 bits per heavy atom. The van der Waals surface area contributed by atoms with Gasteiger partial charge in [0.05, 0.1) is 0 Å². The maximum Gasteiger partial charge on any atom is 0.345 e. The maximum atomic E-state index is 12.2. The first-order valence-corrected chi connectivity index (χ1v) is 8.45. The summed E-state index contributed by atoms with van der Waals surface area (Å²) in [5, 5.41) is 3.53. The van der Waals surface area contributed by atoms with E-state index < -0.39 is 5.69 Å². The second-order valence-corrected chi connectivity index (χ2v) is 6.55. The van der Waals surface area contributed by atoms with Gasteiger partial charge in [-0.05, 0) is 42.9 Å². The van der Waals surface area contributed by atoms with Gasteiger partial charge in [-0.1, -0.05) is 43.6 Å². The Bertz CT molecular complexity index is 756. The summed E-state index contributed by atoms with van der Waals surface area (Å²) >= 11 is 6.10. The van der Waals surface area contributed by atoms with Crippen molar-refractivity contribution < 1.29 is 4.79 Å². The van der Waals surface area contributed by atoms with Gasteiger partial charge in [-0.25, -0.2) is 4.79 Å². The van der Waals surface area contributed by atoms with Crippen molar-refractivity contribution in [3.05, 3.63) is 62.8 Å². The number of aryl methyl sites for hydroxylation is 1. The van der Waals surface area contributed by atoms with E-state index in [9.17, 15) is 9.59 Å². The first-order chi connectivity index (χ1) is 11.5. The highest BCUT2D eigenvalue weighted by molar-refractivity contribution is 6.31. The molecule has 0 aliphatic heterocycles. The highest BCUT2D eigenvalue weighted by Gasteiger charge is 2.10. The van der Waals surface area contributed by atoms with E-state index in [1.165, 1.54) is 0 Å². The molecule has 6 heteroatoms. The molecule has 0 spiro atoms. The second-order valence-electron chi connectivity index (χ2n) is 6.15. The number of hydrogen-bond donors (Lipinski definition) is 2. The first-order valence-electron chi connectivity index (χ1n) is 8.07. The number of nitrogens with zero attached hydrogens (tertiary/aromatic N) is 1. The average molecular weight is 348 g/mol. The number of rotatable bonds is 7. The van der Waals surface area contributed by atoms with Crippen molar-refractivity contribution >= 4 is 17.5 Å². The number of aromatic amines is 1. The van der Waals surface area contributed by atoms with Gasteiger partial charge in [0.15, 0.2) is 0 Å². The van der Waals surface area contributed by atoms with Gasteiger partial charge in [0, 0.05) is 17.3 Å². The normalized spacial score (nSPS) is 10.8. The van der Waals surface area contributed by atoms with Crippen molar-refractivity contribution in [2.75, 3.05) is 6.54 Å². The summed E-state index contributed by atoms with van der Waals surface area (Å²) in [5.41, 5.74) is 1.45. The topological polar surface area (TPSA) is 74.8 Å². The summed E-state index contributed by atoms with van der Waals surface area (Å²) in [4.78, 5) is 30.2. The molecule has 2 N–H and O–H groups in total. The van der Waals surface area contributed by atoms with Crippen LogP contribution < -0.4 is 11.0 Å². The third kappa shape index (κ3) is 5.49. The molecule has 0 saturated heterocycles. The van der Waals surface area contributed by atoms with E-state index in [1.807, 2.05) is 38.1 Å². The van der Waals surface area contributed by atoms with Gasteiger partial charge in [-0.15, -0.1) is 0 Å². The molecular weight excluding hydrogens is 326 g/mol. The molecule has 0 aliphatic carbocycles. The minimum atomic E-state index is -0.491. The number of nitrogens with one attached hydrogen (secondary N) is 2. The minimum absolute atomic E-state index is 0.159. The molecule has 0 radical (unpaired) electrons. The van der Waals surface area contributed by atoms with Crippen LogP contribution in [0.25, 0.3) is 0 Å². The number of carbonyl (C=O) groups is 1. The first kappa shape index (κ1) is 18.2. The molecule has 0 atom stereocenters. The zero-order chi connectivity index (χ0) is 17.5. The standard InChI is InChI=1S/C18H22ClN3O2/c1-12(2)10-14-11-16(22-18(24)21-14)17(23)20-9-5-7-13-6-3-4-8-15(13)19/h3-4,6,8,11-12H,5,7,9-10H2,1-2H3,(H,20,23)(H,21,22,24). The van der Waals surface area contributed by atoms with E-state index in [4.69, 9.17) is 11.6 Å². The quantitative estimate of drug-likeness (QED) is 0.756. The monoisotopic (exact) mass is 347 g/mol. The van der Waals surface area contributed by atoms with E-state index in [2.05, 4.69) is 15.3 Å². The molecule has 1 aromatic heterocycles. The van der Waals surface area contributed by atoms with Crippen LogP contribution in [-0.4, -0.2) is 22.4 Å². The second kappa shape index (κ2) is 8.64. The van der Waals surface area contributed by atoms with Crippen LogP contribution in [0, 0.1) is 5.92 Å². The van der Waals surface area contributed by atoms with Crippen LogP contribution in [0.15, 0.2) is 35.1 Å². The Morgan fingerprint density at radius 2 is 2.08 bits per heavy atom. The molecule has 0 fully saturated rings. The van der Waals surface area contributed by atoms with Crippen LogP contribution in [-0.2, 0) is 12.8 Å². The number of amides is 1. The summed E-state index contributed by atoms with van der Waals surface area (Å²) in [6, 6.07) is 9.30. The predicted molar refractivity (Wildman–Crippen MR) is 95.5 cm³/mol. The Morgan fingerprint density at radius 1 is 1.33 bits per heavy atom. The molecular formula is C18H22ClN3O2. The van der Waals surface area contributed by atoms with Gasteiger partial charge in [-0.3, -0.25) is 4.79 Å². The van der Waals surface area contributed by atoms with Crippen molar-refractivity contribution in [1.29, 1.82) is 0 Å². The number of halogens is 1. The number of carbonyl (C=O) groups excluding carboxylic acids is 1. The Labute approximate surface area is 146 Å². The summed E-state index contributed by atoms with van der Waals surface area (Å²) in [6.07, 6.45) is 2.24. The van der Waals surface area contributed by atoms with E-state index in [0.29, 0.717) is 18.9 Å². The van der Waals surface area contributed by atoms with Crippen LogP contribution in [0.1, 0.15) is 42.0 Å². The lowest BCUT2D eigenvalue weighted by Gasteiger charge is -2.08. The zero-order valence-electron chi connectivity index (χ0n) is 13.9. The summed E-state index contributed by atoms with van der Waals surface area (Å²) < 4.78 is 0. The average Bonchev–Trinajstić information content (AvgIpc) is 2.51. The lowest BCUT2D eigenvalue weighted by molar-refractivity contribution is 0.0947. The SMILES string of the molecule is CC(C)Cc1cc(C(=O)NCCCc2ccccc2Cl)nc(=O)[nH]1. The molecule has 0 bridgehead atoms. The molecule has 1 amide bonds. The van der Waals surface area contributed by atoms with Crippen molar-refractivity contribution in [2.24, 2.45) is 5.92 Å². The summed E-state index contributed by atoms with van der Waals surface area (Å²) in [7, 11) is 0. The largest absolute Gasteiger partial charge is 0.351 e. The van der Waals surface area contributed by atoms with Gasteiger partial charge < -0.3 is 10.3 Å². The minimum Gasteiger partial charge on any atom is -0.351 e. The lowest BCUT2D eigenvalue weighted by atomic mass is 10.1. The van der Waals surface area contributed by atoms with E-state index in [1.54, 1.807) is 6.07 Å². The molecule has 0 saturated carbocycles. The molecule has 0 unspecified atom stereocenters. The van der Waals surface area contributed by atoms with Gasteiger partial charge in [0.2, 0.25) is 0 Å². The molecule has 5 nitrogen and oxygen atoms in total. The summed E-state index contributed by atoms with van der Waals surface area (Å²) in [6.45, 7) is 4.60. The highest BCUT2D eigenvalue weighted by Crippen LogP contribution is 2.16. The van der Waals surface area contributed by atoms with Crippen molar-refractivity contribution in [3.63, 3.8) is 0 Å². The smallest absolute Gasteiger partial charge is 0.345 e. The number of aromatic nitrogens is 2. The Hall–Kier alpha value is -2.14. The fraction of sp³-hybridized carbons (Fsp3) is 0.389. The van der Waals surface area contributed by atoms with Crippen molar-refractivity contribution in [1.82, 2.24) is 15.3 Å². The van der Waals surface area contributed by atoms with Gasteiger partial charge in [0.1, 0.15) is 5.69 Å². The van der Waals surface area contributed by atoms with Gasteiger partial charge in [0.25, 0.3) is 5.91 Å². The third-order valence-electron chi connectivity index (χ3n) is 3.53. The van der Waals surface area contributed by atoms with Crippen LogP contribution in [0.4, 0.5) is 0 Å². The molecule has 2 rings (SSSR count). The van der Waals surface area contributed by atoms with E-state index in [-0.39, 0.29) is 11.6 Å². The van der Waals surface area contributed by atoms with Crippen LogP contribution in [0.2, 0.25) is 5.02 Å². The van der Waals surface area contributed by atoms with Crippen LogP contribution in [0.3, 0.4) is 0 Å². The zero-order valence-corrected chi connectivity index (χ0v) is 14.7. The molecule has 2 aromatic rings. The molecule has 0 aliphatic rings. The number of H-pyrrole nitrogens is 1. The van der Waals surface area contributed by atoms with Crippen LogP contribution >= 0.6 is 11.6 Å². The lowest BCUT2D eigenvalue weighted by Crippen LogP contribution is -2.29. The predicted octanol–water partition coefficient (Wildman–Crippen LogP) is 2.98. The van der Waals surface area contributed by atoms with E-state index in [0.717, 1.165) is 29.1 Å². The maximum absolute atomic E-state index is 12.2. The molecule has 1 heterocycles. The number of benzene rings is 1. The molecule has 1 aromatic carbocycles. The third-order valence-corrected chi connectivity index (χ3v) is 3.90. The van der Waals surface area contributed by atoms with Crippen molar-refractivity contribution in [3.8, 4) is 0 Å². The Balaban J connectivity index is 1.89. The fourth-order valence-electron chi connectivity index (χ4n) is 2.45. The number of hydrogen-bond acceptors (Lipinski definition) is 3.